The van der Waals surface area contributed by atoms with Crippen molar-refractivity contribution in [2.45, 2.75) is 19.3 Å². The van der Waals surface area contributed by atoms with Crippen molar-refractivity contribution < 1.29 is 9.59 Å². The largest absolute Gasteiger partial charge is 0.273 e. The van der Waals surface area contributed by atoms with E-state index in [1.807, 2.05) is 18.2 Å². The Balaban J connectivity index is 1.73. The number of carbonyl (C=O) groups excluding carboxylic acids is 2. The van der Waals surface area contributed by atoms with E-state index >= 15 is 0 Å². The number of hydrogen-bond donors (Lipinski definition) is 2. The van der Waals surface area contributed by atoms with Gasteiger partial charge in [-0.25, -0.2) is 0 Å². The maximum absolute atomic E-state index is 12.1. The second-order valence-electron chi connectivity index (χ2n) is 4.95. The highest BCUT2D eigenvalue weighted by Crippen LogP contribution is 2.25. The molecule has 0 atom stereocenters. The summed E-state index contributed by atoms with van der Waals surface area (Å²) in [7, 11) is 0. The van der Waals surface area contributed by atoms with Crippen LogP contribution in [0.3, 0.4) is 0 Å². The second-order valence-corrected chi connectivity index (χ2v) is 4.95. The van der Waals surface area contributed by atoms with Gasteiger partial charge < -0.3 is 0 Å². The Bertz CT molecular complexity index is 660. The summed E-state index contributed by atoms with van der Waals surface area (Å²) in [6.45, 7) is 0. The Hall–Kier alpha value is -2.43. The first-order valence-electron chi connectivity index (χ1n) is 6.69. The molecule has 5 heteroatoms. The van der Waals surface area contributed by atoms with Crippen LogP contribution in [0.25, 0.3) is 10.9 Å². The number of nitrogens with one attached hydrogen (secondary N) is 2. The molecule has 0 unspecified atom stereocenters. The average Bonchev–Trinajstić information content (AvgIpc) is 2.42. The molecule has 1 aromatic carbocycles. The van der Waals surface area contributed by atoms with Gasteiger partial charge in [0.1, 0.15) is 0 Å². The van der Waals surface area contributed by atoms with Gasteiger partial charge in [-0.1, -0.05) is 24.6 Å². The van der Waals surface area contributed by atoms with Crippen LogP contribution in [0.15, 0.2) is 36.5 Å². The molecule has 2 aromatic rings. The standard InChI is InChI=1S/C15H15N3O2/c19-14(11-5-1-6-11)17-18-15(20)12-8-2-4-10-7-3-9-16-13(10)12/h2-4,7-9,11H,1,5-6H2,(H,17,19)(H,18,20). The summed E-state index contributed by atoms with van der Waals surface area (Å²) < 4.78 is 0. The molecule has 0 spiro atoms. The van der Waals surface area contributed by atoms with E-state index in [9.17, 15) is 9.59 Å². The molecule has 1 fully saturated rings. The smallest absolute Gasteiger partial charge is 0.271 e. The van der Waals surface area contributed by atoms with Crippen molar-refractivity contribution in [1.82, 2.24) is 15.8 Å². The van der Waals surface area contributed by atoms with Gasteiger partial charge in [0.2, 0.25) is 5.91 Å². The van der Waals surface area contributed by atoms with E-state index in [4.69, 9.17) is 0 Å². The highest BCUT2D eigenvalue weighted by Gasteiger charge is 2.25. The average molecular weight is 269 g/mol. The van der Waals surface area contributed by atoms with Crippen LogP contribution in [-0.2, 0) is 4.79 Å². The van der Waals surface area contributed by atoms with Crippen molar-refractivity contribution in [3.05, 3.63) is 42.1 Å². The minimum absolute atomic E-state index is 0.0425. The van der Waals surface area contributed by atoms with Crippen LogP contribution < -0.4 is 10.9 Å². The monoisotopic (exact) mass is 269 g/mol. The fraction of sp³-hybridized carbons (Fsp3) is 0.267. The molecule has 1 heterocycles. The van der Waals surface area contributed by atoms with Gasteiger partial charge in [0.25, 0.3) is 5.91 Å². The minimum Gasteiger partial charge on any atom is -0.273 e. The normalized spacial score (nSPS) is 14.6. The van der Waals surface area contributed by atoms with Crippen LogP contribution in [0.5, 0.6) is 0 Å². The van der Waals surface area contributed by atoms with Gasteiger partial charge in [0.05, 0.1) is 11.1 Å². The number of pyridine rings is 1. The predicted octanol–water partition coefficient (Wildman–Crippen LogP) is 1.80. The maximum atomic E-state index is 12.1. The lowest BCUT2D eigenvalue weighted by Gasteiger charge is -2.24. The van der Waals surface area contributed by atoms with E-state index in [0.29, 0.717) is 11.1 Å². The quantitative estimate of drug-likeness (QED) is 0.817. The van der Waals surface area contributed by atoms with Crippen LogP contribution in [0.1, 0.15) is 29.6 Å². The Morgan fingerprint density at radius 2 is 1.90 bits per heavy atom. The molecule has 0 saturated heterocycles. The zero-order valence-electron chi connectivity index (χ0n) is 10.9. The number of fused-ring (bicyclic) bond motifs is 1. The molecule has 1 aliphatic rings. The van der Waals surface area contributed by atoms with E-state index in [0.717, 1.165) is 24.6 Å². The number of carbonyl (C=O) groups is 2. The lowest BCUT2D eigenvalue weighted by molar-refractivity contribution is -0.128. The third kappa shape index (κ3) is 2.34. The molecular formula is C15H15N3O2. The van der Waals surface area contributed by atoms with Crippen molar-refractivity contribution in [2.75, 3.05) is 0 Å². The summed E-state index contributed by atoms with van der Waals surface area (Å²) in [4.78, 5) is 28.0. The van der Waals surface area contributed by atoms with E-state index in [-0.39, 0.29) is 17.7 Å². The SMILES string of the molecule is O=C(NNC(=O)C1CCC1)c1cccc2cccnc12. The molecule has 1 saturated carbocycles. The van der Waals surface area contributed by atoms with Crippen LogP contribution >= 0.6 is 0 Å². The number of hydrazine groups is 1. The molecular weight excluding hydrogens is 254 g/mol. The van der Waals surface area contributed by atoms with Crippen LogP contribution in [0.2, 0.25) is 0 Å². The lowest BCUT2D eigenvalue weighted by Crippen LogP contribution is -2.46. The number of rotatable bonds is 2. The maximum Gasteiger partial charge on any atom is 0.271 e. The summed E-state index contributed by atoms with van der Waals surface area (Å²) in [5.74, 6) is -0.416. The van der Waals surface area contributed by atoms with E-state index in [1.54, 1.807) is 18.3 Å². The minimum atomic E-state index is -0.345. The zero-order chi connectivity index (χ0) is 13.9. The molecule has 5 nitrogen and oxygen atoms in total. The summed E-state index contributed by atoms with van der Waals surface area (Å²) in [5, 5.41) is 0.894. The van der Waals surface area contributed by atoms with Crippen LogP contribution in [-0.4, -0.2) is 16.8 Å². The van der Waals surface area contributed by atoms with Crippen molar-refractivity contribution >= 4 is 22.7 Å². The Morgan fingerprint density at radius 3 is 2.65 bits per heavy atom. The number of hydrogen-bond acceptors (Lipinski definition) is 3. The van der Waals surface area contributed by atoms with Crippen molar-refractivity contribution in [3.8, 4) is 0 Å². The highest BCUT2D eigenvalue weighted by molar-refractivity contribution is 6.05. The highest BCUT2D eigenvalue weighted by atomic mass is 16.2. The Labute approximate surface area is 116 Å². The topological polar surface area (TPSA) is 71.1 Å². The summed E-state index contributed by atoms with van der Waals surface area (Å²) in [6.07, 6.45) is 4.53. The van der Waals surface area contributed by atoms with Gasteiger partial charge in [-0.15, -0.1) is 0 Å². The number of aromatic nitrogens is 1. The van der Waals surface area contributed by atoms with Gasteiger partial charge in [-0.05, 0) is 25.0 Å². The van der Waals surface area contributed by atoms with Gasteiger partial charge in [0.15, 0.2) is 0 Å². The van der Waals surface area contributed by atoms with E-state index in [2.05, 4.69) is 15.8 Å². The Kier molecular flexibility index (Phi) is 3.33. The van der Waals surface area contributed by atoms with Gasteiger partial charge in [-0.3, -0.25) is 25.4 Å². The third-order valence-corrected chi connectivity index (χ3v) is 3.65. The van der Waals surface area contributed by atoms with Crippen LogP contribution in [0, 0.1) is 5.92 Å². The lowest BCUT2D eigenvalue weighted by atomic mass is 9.85. The molecule has 1 aromatic heterocycles. The molecule has 2 amide bonds. The first-order chi connectivity index (χ1) is 9.75. The van der Waals surface area contributed by atoms with Gasteiger partial charge >= 0.3 is 0 Å². The van der Waals surface area contributed by atoms with E-state index in [1.165, 1.54) is 0 Å². The van der Waals surface area contributed by atoms with Gasteiger partial charge in [-0.2, -0.15) is 0 Å². The van der Waals surface area contributed by atoms with Gasteiger partial charge in [0, 0.05) is 17.5 Å². The number of amides is 2. The molecule has 2 N–H and O–H groups in total. The fourth-order valence-electron chi connectivity index (χ4n) is 2.25. The number of para-hydroxylation sites is 1. The van der Waals surface area contributed by atoms with Crippen molar-refractivity contribution in [2.24, 2.45) is 5.92 Å². The predicted molar refractivity (Wildman–Crippen MR) is 74.7 cm³/mol. The molecule has 0 bridgehead atoms. The second kappa shape index (κ2) is 5.28. The molecule has 0 aliphatic heterocycles. The number of nitrogens with zero attached hydrogens (tertiary/aromatic N) is 1. The molecule has 102 valence electrons. The molecule has 3 rings (SSSR count). The van der Waals surface area contributed by atoms with Crippen molar-refractivity contribution in [3.63, 3.8) is 0 Å². The summed E-state index contributed by atoms with van der Waals surface area (Å²) >= 11 is 0. The van der Waals surface area contributed by atoms with E-state index < -0.39 is 0 Å². The Morgan fingerprint density at radius 1 is 1.10 bits per heavy atom. The molecule has 20 heavy (non-hydrogen) atoms. The first kappa shape index (κ1) is 12.6. The van der Waals surface area contributed by atoms with Crippen LogP contribution in [0.4, 0.5) is 0 Å². The molecule has 1 aliphatic carbocycles. The zero-order valence-corrected chi connectivity index (χ0v) is 10.9. The van der Waals surface area contributed by atoms with Crippen molar-refractivity contribution in [1.29, 1.82) is 0 Å². The number of benzene rings is 1. The third-order valence-electron chi connectivity index (χ3n) is 3.65. The summed E-state index contributed by atoms with van der Waals surface area (Å²) in [5.41, 5.74) is 6.03. The fourth-order valence-corrected chi connectivity index (χ4v) is 2.25. The summed E-state index contributed by atoms with van der Waals surface area (Å²) in [6, 6.07) is 9.10. The first-order valence-corrected chi connectivity index (χ1v) is 6.69. The molecule has 0 radical (unpaired) electrons.